The van der Waals surface area contributed by atoms with Crippen LogP contribution >= 0.6 is 0 Å². The Hall–Kier alpha value is -4.37. The molecule has 0 radical (unpaired) electrons. The molecule has 39 heavy (non-hydrogen) atoms. The normalized spacial score (nSPS) is 15.6. The summed E-state index contributed by atoms with van der Waals surface area (Å²) in [5.41, 5.74) is 4.23. The highest BCUT2D eigenvalue weighted by Crippen LogP contribution is 2.26. The molecule has 1 aliphatic heterocycles. The number of benzene rings is 2. The van der Waals surface area contributed by atoms with Crippen LogP contribution in [0.4, 0.5) is 5.82 Å². The number of hydrogen-bond acceptors (Lipinski definition) is 9. The molecule has 1 aliphatic rings. The molecule has 5 aromatic rings. The summed E-state index contributed by atoms with van der Waals surface area (Å²) in [4.78, 5) is 18.6. The van der Waals surface area contributed by atoms with Gasteiger partial charge in [0, 0.05) is 30.4 Å². The van der Waals surface area contributed by atoms with Gasteiger partial charge in [0.2, 0.25) is 23.4 Å². The summed E-state index contributed by atoms with van der Waals surface area (Å²) in [5.74, 6) is 3.81. The van der Waals surface area contributed by atoms with Crippen molar-refractivity contribution in [2.75, 3.05) is 24.5 Å². The fourth-order valence-electron chi connectivity index (χ4n) is 5.16. The van der Waals surface area contributed by atoms with Crippen molar-refractivity contribution in [1.29, 1.82) is 0 Å². The smallest absolute Gasteiger partial charge is 0.246 e. The minimum atomic E-state index is 0.449. The molecule has 0 aliphatic carbocycles. The second-order valence-corrected chi connectivity index (χ2v) is 10.1. The van der Waals surface area contributed by atoms with Gasteiger partial charge in [0.05, 0.1) is 13.1 Å². The summed E-state index contributed by atoms with van der Waals surface area (Å²) in [6, 6.07) is 22.1. The highest BCUT2D eigenvalue weighted by molar-refractivity contribution is 5.59. The van der Waals surface area contributed by atoms with E-state index in [1.165, 1.54) is 0 Å². The molecule has 0 saturated carbocycles. The topological polar surface area (TPSA) is 97.2 Å². The Labute approximate surface area is 227 Å². The number of hydrogen-bond donors (Lipinski definition) is 0. The van der Waals surface area contributed by atoms with E-state index in [0.717, 1.165) is 54.1 Å². The summed E-state index contributed by atoms with van der Waals surface area (Å²) in [7, 11) is 0. The fourth-order valence-corrected chi connectivity index (χ4v) is 5.16. The summed E-state index contributed by atoms with van der Waals surface area (Å²) < 4.78 is 11.3. The van der Waals surface area contributed by atoms with E-state index >= 15 is 0 Å². The SMILES string of the molecule is Cc1ccccc1-c1noc(CN2CC[C@H](CN(Cc3nc(-c4ccccc4C)no3)c3ccccn3)C2)n1. The van der Waals surface area contributed by atoms with Gasteiger partial charge in [-0.1, -0.05) is 64.9 Å². The van der Waals surface area contributed by atoms with Crippen LogP contribution in [-0.4, -0.2) is 49.8 Å². The number of aromatic nitrogens is 5. The van der Waals surface area contributed by atoms with Gasteiger partial charge >= 0.3 is 0 Å². The molecule has 0 spiro atoms. The monoisotopic (exact) mass is 521 g/mol. The number of anilines is 1. The summed E-state index contributed by atoms with van der Waals surface area (Å²) in [5, 5.41) is 8.47. The largest absolute Gasteiger partial charge is 0.347 e. The molecule has 3 aromatic heterocycles. The predicted octanol–water partition coefficient (Wildman–Crippen LogP) is 5.33. The van der Waals surface area contributed by atoms with Crippen LogP contribution in [0.1, 0.15) is 29.3 Å². The van der Waals surface area contributed by atoms with E-state index < -0.39 is 0 Å². The lowest BCUT2D eigenvalue weighted by atomic mass is 10.1. The van der Waals surface area contributed by atoms with Crippen LogP contribution in [0.5, 0.6) is 0 Å². The van der Waals surface area contributed by atoms with Crippen molar-refractivity contribution < 1.29 is 9.05 Å². The van der Waals surface area contributed by atoms with E-state index in [1.54, 1.807) is 0 Å². The molecule has 0 amide bonds. The predicted molar refractivity (Wildman–Crippen MR) is 148 cm³/mol. The van der Waals surface area contributed by atoms with Gasteiger partial charge in [-0.25, -0.2) is 4.98 Å². The highest BCUT2D eigenvalue weighted by Gasteiger charge is 2.27. The van der Waals surface area contributed by atoms with Gasteiger partial charge in [0.1, 0.15) is 5.82 Å². The molecule has 4 heterocycles. The first-order valence-corrected chi connectivity index (χ1v) is 13.3. The molecular weight excluding hydrogens is 490 g/mol. The van der Waals surface area contributed by atoms with Crippen molar-refractivity contribution >= 4 is 5.82 Å². The molecule has 0 bridgehead atoms. The Morgan fingerprint density at radius 2 is 1.46 bits per heavy atom. The van der Waals surface area contributed by atoms with E-state index in [-0.39, 0.29) is 0 Å². The van der Waals surface area contributed by atoms with Crippen molar-refractivity contribution in [2.24, 2.45) is 5.92 Å². The first-order valence-electron chi connectivity index (χ1n) is 13.3. The number of nitrogens with zero attached hydrogens (tertiary/aromatic N) is 7. The van der Waals surface area contributed by atoms with E-state index in [0.29, 0.717) is 42.4 Å². The van der Waals surface area contributed by atoms with Crippen molar-refractivity contribution in [3.63, 3.8) is 0 Å². The fraction of sp³-hybridized carbons (Fsp3) is 0.300. The molecule has 2 aromatic carbocycles. The first-order chi connectivity index (χ1) is 19.1. The molecule has 0 unspecified atom stereocenters. The average molecular weight is 522 g/mol. The van der Waals surface area contributed by atoms with Gasteiger partial charge < -0.3 is 13.9 Å². The highest BCUT2D eigenvalue weighted by atomic mass is 16.5. The third-order valence-electron chi connectivity index (χ3n) is 7.21. The van der Waals surface area contributed by atoms with E-state index in [9.17, 15) is 0 Å². The molecule has 1 saturated heterocycles. The summed E-state index contributed by atoms with van der Waals surface area (Å²) in [6.45, 7) is 7.98. The van der Waals surface area contributed by atoms with Gasteiger partial charge in [-0.15, -0.1) is 0 Å². The Bertz CT molecular complexity index is 1530. The third kappa shape index (κ3) is 5.73. The van der Waals surface area contributed by atoms with Crippen molar-refractivity contribution in [3.05, 3.63) is 95.8 Å². The number of likely N-dealkylation sites (tertiary alicyclic amines) is 1. The van der Waals surface area contributed by atoms with Crippen LogP contribution in [0.15, 0.2) is 82.0 Å². The Morgan fingerprint density at radius 1 is 0.821 bits per heavy atom. The maximum Gasteiger partial charge on any atom is 0.246 e. The van der Waals surface area contributed by atoms with Crippen molar-refractivity contribution in [2.45, 2.75) is 33.4 Å². The first kappa shape index (κ1) is 24.9. The zero-order valence-corrected chi connectivity index (χ0v) is 22.2. The Balaban J connectivity index is 1.12. The van der Waals surface area contributed by atoms with Gasteiger partial charge in [-0.2, -0.15) is 9.97 Å². The number of aryl methyl sites for hydroxylation is 2. The van der Waals surface area contributed by atoms with Gasteiger partial charge in [0.25, 0.3) is 0 Å². The Morgan fingerprint density at radius 3 is 2.13 bits per heavy atom. The summed E-state index contributed by atoms with van der Waals surface area (Å²) in [6.07, 6.45) is 2.89. The molecule has 1 fully saturated rings. The Kier molecular flexibility index (Phi) is 7.14. The van der Waals surface area contributed by atoms with Gasteiger partial charge in [-0.05, 0) is 56.0 Å². The van der Waals surface area contributed by atoms with Gasteiger partial charge in [-0.3, -0.25) is 4.90 Å². The summed E-state index contributed by atoms with van der Waals surface area (Å²) >= 11 is 0. The maximum atomic E-state index is 5.67. The molecule has 198 valence electrons. The minimum Gasteiger partial charge on any atom is -0.347 e. The van der Waals surface area contributed by atoms with Crippen LogP contribution in [0.3, 0.4) is 0 Å². The van der Waals surface area contributed by atoms with E-state index in [2.05, 4.69) is 56.1 Å². The second-order valence-electron chi connectivity index (χ2n) is 10.1. The second kappa shape index (κ2) is 11.2. The zero-order chi connectivity index (χ0) is 26.6. The third-order valence-corrected chi connectivity index (χ3v) is 7.21. The minimum absolute atomic E-state index is 0.449. The maximum absolute atomic E-state index is 5.67. The van der Waals surface area contributed by atoms with Gasteiger partial charge in [0.15, 0.2) is 0 Å². The average Bonchev–Trinajstić information content (AvgIpc) is 3.72. The standard InChI is InChI=1S/C30H31N7O2/c1-21-9-3-5-11-24(21)29-32-27(38-34-29)19-36-16-14-23(17-36)18-37(26-13-7-8-15-31-26)20-28-33-30(35-39-28)25-12-6-4-10-22(25)2/h3-13,15,23H,14,16-20H2,1-2H3/t23-/m0/s1. The molecule has 1 atom stereocenters. The molecular formula is C30H31N7O2. The van der Waals surface area contributed by atoms with Crippen LogP contribution in [0.25, 0.3) is 22.8 Å². The molecule has 0 N–H and O–H groups in total. The number of rotatable bonds is 9. The van der Waals surface area contributed by atoms with E-state index in [4.69, 9.17) is 14.0 Å². The lowest BCUT2D eigenvalue weighted by molar-refractivity contribution is 0.260. The zero-order valence-electron chi connectivity index (χ0n) is 22.2. The number of pyridine rings is 1. The van der Waals surface area contributed by atoms with Crippen molar-refractivity contribution in [1.82, 2.24) is 30.2 Å². The lowest BCUT2D eigenvalue weighted by Crippen LogP contribution is -2.31. The lowest BCUT2D eigenvalue weighted by Gasteiger charge is -2.25. The van der Waals surface area contributed by atoms with Crippen LogP contribution in [0.2, 0.25) is 0 Å². The van der Waals surface area contributed by atoms with Crippen LogP contribution in [0, 0.1) is 19.8 Å². The van der Waals surface area contributed by atoms with Crippen LogP contribution in [-0.2, 0) is 13.1 Å². The molecule has 6 rings (SSSR count). The van der Waals surface area contributed by atoms with Crippen molar-refractivity contribution in [3.8, 4) is 22.8 Å². The van der Waals surface area contributed by atoms with Crippen LogP contribution < -0.4 is 4.90 Å². The molecule has 9 nitrogen and oxygen atoms in total. The quantitative estimate of drug-likeness (QED) is 0.255. The molecule has 9 heteroatoms. The van der Waals surface area contributed by atoms with E-state index in [1.807, 2.05) is 60.8 Å².